The molecule has 0 aliphatic rings. The number of carbonyl (C=O) groups excluding carboxylic acids is 1. The van der Waals surface area contributed by atoms with Crippen LogP contribution < -0.4 is 10.5 Å². The molecule has 0 saturated carbocycles. The highest BCUT2D eigenvalue weighted by Gasteiger charge is 2.15. The highest BCUT2D eigenvalue weighted by atomic mass is 19.1. The van der Waals surface area contributed by atoms with Crippen molar-refractivity contribution in [2.75, 3.05) is 5.73 Å². The van der Waals surface area contributed by atoms with E-state index in [1.54, 1.807) is 0 Å². The van der Waals surface area contributed by atoms with Crippen LogP contribution in [0.5, 0.6) is 5.75 Å². The first-order chi connectivity index (χ1) is 7.66. The van der Waals surface area contributed by atoms with E-state index < -0.39 is 11.8 Å². The summed E-state index contributed by atoms with van der Waals surface area (Å²) in [6, 6.07) is 5.02. The second-order valence-electron chi connectivity index (χ2n) is 2.95. The van der Waals surface area contributed by atoms with E-state index >= 15 is 0 Å². The number of benzene rings is 1. The summed E-state index contributed by atoms with van der Waals surface area (Å²) in [5.41, 5.74) is 5.36. The Bertz CT molecular complexity index is 507. The maximum atomic E-state index is 12.6. The number of ether oxygens (including phenoxy) is 1. The normalized spacial score (nSPS) is 10.1. The van der Waals surface area contributed by atoms with E-state index in [4.69, 9.17) is 10.5 Å². The molecule has 6 heteroatoms. The van der Waals surface area contributed by atoms with Gasteiger partial charge in [-0.1, -0.05) is 5.16 Å². The third kappa shape index (κ3) is 2.00. The lowest BCUT2D eigenvalue weighted by molar-refractivity contribution is 0.0735. The quantitative estimate of drug-likeness (QED) is 0.617. The van der Waals surface area contributed by atoms with Crippen molar-refractivity contribution in [3.8, 4) is 5.75 Å². The van der Waals surface area contributed by atoms with Gasteiger partial charge in [0.05, 0.1) is 6.20 Å². The molecule has 5 nitrogen and oxygen atoms in total. The molecule has 0 aliphatic carbocycles. The number of anilines is 1. The fraction of sp³-hybridized carbons (Fsp3) is 0. The summed E-state index contributed by atoms with van der Waals surface area (Å²) in [7, 11) is 0. The van der Waals surface area contributed by atoms with Crippen molar-refractivity contribution < 1.29 is 18.4 Å². The number of hydrogen-bond acceptors (Lipinski definition) is 5. The third-order valence-corrected chi connectivity index (χ3v) is 1.84. The van der Waals surface area contributed by atoms with Gasteiger partial charge in [-0.3, -0.25) is 0 Å². The number of nitrogens with zero attached hydrogens (tertiary/aromatic N) is 1. The highest BCUT2D eigenvalue weighted by molar-refractivity contribution is 5.94. The molecule has 2 rings (SSSR count). The average Bonchev–Trinajstić information content (AvgIpc) is 2.68. The van der Waals surface area contributed by atoms with Gasteiger partial charge in [0.1, 0.15) is 17.1 Å². The Hall–Kier alpha value is -2.37. The predicted octanol–water partition coefficient (Wildman–Crippen LogP) is 1.62. The van der Waals surface area contributed by atoms with Gasteiger partial charge in [0, 0.05) is 0 Å². The summed E-state index contributed by atoms with van der Waals surface area (Å²) >= 11 is 0. The van der Waals surface area contributed by atoms with Crippen molar-refractivity contribution in [1.82, 2.24) is 5.16 Å². The molecule has 0 spiro atoms. The van der Waals surface area contributed by atoms with Crippen molar-refractivity contribution in [3.05, 3.63) is 41.8 Å². The first-order valence-corrected chi connectivity index (χ1v) is 4.34. The van der Waals surface area contributed by atoms with E-state index in [1.807, 2.05) is 0 Å². The highest BCUT2D eigenvalue weighted by Crippen LogP contribution is 2.16. The first-order valence-electron chi connectivity index (χ1n) is 4.34. The molecule has 0 saturated heterocycles. The van der Waals surface area contributed by atoms with E-state index in [0.29, 0.717) is 0 Å². The van der Waals surface area contributed by atoms with Gasteiger partial charge in [-0.25, -0.2) is 9.18 Å². The second-order valence-corrected chi connectivity index (χ2v) is 2.95. The average molecular weight is 222 g/mol. The Balaban J connectivity index is 2.14. The van der Waals surface area contributed by atoms with Gasteiger partial charge in [0.25, 0.3) is 0 Å². The van der Waals surface area contributed by atoms with Gasteiger partial charge in [-0.05, 0) is 24.3 Å². The van der Waals surface area contributed by atoms with Crippen LogP contribution in [-0.4, -0.2) is 11.1 Å². The molecule has 82 valence electrons. The molecular weight excluding hydrogens is 215 g/mol. The van der Waals surface area contributed by atoms with Crippen molar-refractivity contribution in [2.45, 2.75) is 0 Å². The molecule has 2 N–H and O–H groups in total. The molecular formula is C10H7FN2O3. The van der Waals surface area contributed by atoms with Crippen LogP contribution in [0.1, 0.15) is 10.4 Å². The SMILES string of the molecule is Nc1oncc1C(=O)Oc1ccc(F)cc1. The van der Waals surface area contributed by atoms with Crippen LogP contribution >= 0.6 is 0 Å². The maximum Gasteiger partial charge on any atom is 0.350 e. The smallest absolute Gasteiger partial charge is 0.350 e. The summed E-state index contributed by atoms with van der Waals surface area (Å²) in [4.78, 5) is 11.5. The Labute approximate surface area is 89.6 Å². The molecule has 1 aromatic heterocycles. The molecule has 0 amide bonds. The molecule has 0 aliphatic heterocycles. The molecule has 2 aromatic rings. The van der Waals surface area contributed by atoms with Crippen LogP contribution in [0.2, 0.25) is 0 Å². The molecule has 1 aromatic carbocycles. The topological polar surface area (TPSA) is 78.4 Å². The fourth-order valence-electron chi connectivity index (χ4n) is 1.07. The van der Waals surface area contributed by atoms with E-state index in [0.717, 1.165) is 6.20 Å². The summed E-state index contributed by atoms with van der Waals surface area (Å²) in [5.74, 6) is -1.02. The minimum absolute atomic E-state index is 0.0318. The van der Waals surface area contributed by atoms with Crippen LogP contribution in [0.3, 0.4) is 0 Å². The predicted molar refractivity (Wildman–Crippen MR) is 52.3 cm³/mol. The number of esters is 1. The molecule has 0 radical (unpaired) electrons. The number of aromatic nitrogens is 1. The summed E-state index contributed by atoms with van der Waals surface area (Å²) in [6.07, 6.45) is 1.15. The minimum Gasteiger partial charge on any atom is -0.423 e. The zero-order chi connectivity index (χ0) is 11.5. The molecule has 16 heavy (non-hydrogen) atoms. The number of halogens is 1. The van der Waals surface area contributed by atoms with Gasteiger partial charge in [-0.2, -0.15) is 0 Å². The first kappa shape index (κ1) is 10.2. The molecule has 0 unspecified atom stereocenters. The van der Waals surface area contributed by atoms with Crippen molar-refractivity contribution in [1.29, 1.82) is 0 Å². The van der Waals surface area contributed by atoms with Crippen molar-refractivity contribution in [2.24, 2.45) is 0 Å². The largest absolute Gasteiger partial charge is 0.423 e. The molecule has 0 bridgehead atoms. The van der Waals surface area contributed by atoms with Crippen LogP contribution in [0, 0.1) is 5.82 Å². The Morgan fingerprint density at radius 1 is 1.38 bits per heavy atom. The lowest BCUT2D eigenvalue weighted by Gasteiger charge is -2.01. The zero-order valence-corrected chi connectivity index (χ0v) is 8.01. The number of rotatable bonds is 2. The van der Waals surface area contributed by atoms with E-state index in [1.165, 1.54) is 24.3 Å². The Morgan fingerprint density at radius 3 is 2.62 bits per heavy atom. The fourth-order valence-corrected chi connectivity index (χ4v) is 1.07. The van der Waals surface area contributed by atoms with E-state index in [9.17, 15) is 9.18 Å². The van der Waals surface area contributed by atoms with Gasteiger partial charge < -0.3 is 15.0 Å². The van der Waals surface area contributed by atoms with Crippen LogP contribution in [0.15, 0.2) is 35.0 Å². The maximum absolute atomic E-state index is 12.6. The summed E-state index contributed by atoms with van der Waals surface area (Å²) in [5, 5.41) is 3.34. The van der Waals surface area contributed by atoms with Gasteiger partial charge in [0.2, 0.25) is 5.88 Å². The standard InChI is InChI=1S/C10H7FN2O3/c11-6-1-3-7(4-2-6)15-10(14)8-5-13-16-9(8)12/h1-5H,12H2. The third-order valence-electron chi connectivity index (χ3n) is 1.84. The van der Waals surface area contributed by atoms with Crippen LogP contribution in [0.25, 0.3) is 0 Å². The van der Waals surface area contributed by atoms with Crippen molar-refractivity contribution >= 4 is 11.9 Å². The van der Waals surface area contributed by atoms with E-state index in [-0.39, 0.29) is 17.2 Å². The number of nitrogen functional groups attached to an aromatic ring is 1. The number of carbonyl (C=O) groups is 1. The lowest BCUT2D eigenvalue weighted by atomic mass is 10.3. The molecule has 1 heterocycles. The monoisotopic (exact) mass is 222 g/mol. The Kier molecular flexibility index (Phi) is 2.55. The van der Waals surface area contributed by atoms with Gasteiger partial charge in [-0.15, -0.1) is 0 Å². The summed E-state index contributed by atoms with van der Waals surface area (Å²) < 4.78 is 22.0. The van der Waals surface area contributed by atoms with Crippen molar-refractivity contribution in [3.63, 3.8) is 0 Å². The van der Waals surface area contributed by atoms with Gasteiger partial charge in [0.15, 0.2) is 0 Å². The van der Waals surface area contributed by atoms with Gasteiger partial charge >= 0.3 is 5.97 Å². The number of hydrogen-bond donors (Lipinski definition) is 1. The minimum atomic E-state index is -0.703. The summed E-state index contributed by atoms with van der Waals surface area (Å²) in [6.45, 7) is 0. The molecule has 0 fully saturated rings. The van der Waals surface area contributed by atoms with E-state index in [2.05, 4.69) is 9.68 Å². The molecule has 0 atom stereocenters. The zero-order valence-electron chi connectivity index (χ0n) is 8.01. The lowest BCUT2D eigenvalue weighted by Crippen LogP contribution is -2.09. The Morgan fingerprint density at radius 2 is 2.06 bits per heavy atom. The van der Waals surface area contributed by atoms with Crippen LogP contribution in [-0.2, 0) is 0 Å². The van der Waals surface area contributed by atoms with Crippen LogP contribution in [0.4, 0.5) is 10.3 Å². The second kappa shape index (κ2) is 4.01. The number of nitrogens with two attached hydrogens (primary N) is 1.